The number of esters is 2. The third kappa shape index (κ3) is 3.07. The summed E-state index contributed by atoms with van der Waals surface area (Å²) in [6.07, 6.45) is 4.84. The van der Waals surface area contributed by atoms with Crippen LogP contribution in [0.1, 0.15) is 6.42 Å². The van der Waals surface area contributed by atoms with Crippen molar-refractivity contribution in [3.8, 4) is 11.5 Å². The minimum atomic E-state index is -0.494. The van der Waals surface area contributed by atoms with Crippen LogP contribution in [0.3, 0.4) is 0 Å². The molecule has 2 aromatic rings. The molecule has 4 nitrogen and oxygen atoms in total. The topological polar surface area (TPSA) is 52.6 Å². The van der Waals surface area contributed by atoms with Gasteiger partial charge >= 0.3 is 11.9 Å². The third-order valence-corrected chi connectivity index (χ3v) is 4.93. The van der Waals surface area contributed by atoms with Gasteiger partial charge in [0, 0.05) is 0 Å². The number of carbonyl (C=O) groups is 2. The van der Waals surface area contributed by atoms with Crippen molar-refractivity contribution in [2.24, 2.45) is 23.7 Å². The SMILES string of the molecule is O=C(Oc1ccccc1)C1C2C=CC(C2)C1C(=O)Oc1ccccc1. The number of ether oxygens (including phenoxy) is 2. The zero-order valence-corrected chi connectivity index (χ0v) is 13.6. The summed E-state index contributed by atoms with van der Waals surface area (Å²) in [6, 6.07) is 17.9. The molecule has 0 saturated heterocycles. The lowest BCUT2D eigenvalue weighted by atomic mass is 9.83. The molecule has 4 rings (SSSR count). The predicted octanol–water partition coefficient (Wildman–Crippen LogP) is 3.64. The lowest BCUT2D eigenvalue weighted by Gasteiger charge is -2.24. The first kappa shape index (κ1) is 15.6. The van der Waals surface area contributed by atoms with E-state index >= 15 is 0 Å². The fourth-order valence-corrected chi connectivity index (χ4v) is 3.81. The van der Waals surface area contributed by atoms with Gasteiger partial charge < -0.3 is 9.47 Å². The van der Waals surface area contributed by atoms with Crippen LogP contribution in [0.25, 0.3) is 0 Å². The standard InChI is InChI=1S/C21H18O4/c22-20(24-16-7-3-1-4-8-16)18-14-11-12-15(13-14)19(18)21(23)25-17-9-5-2-6-10-17/h1-12,14-15,18-19H,13H2. The monoisotopic (exact) mass is 334 g/mol. The number of hydrogen-bond donors (Lipinski definition) is 0. The summed E-state index contributed by atoms with van der Waals surface area (Å²) in [6.45, 7) is 0. The van der Waals surface area contributed by atoms with Crippen molar-refractivity contribution in [2.75, 3.05) is 0 Å². The van der Waals surface area contributed by atoms with Crippen LogP contribution in [-0.2, 0) is 9.59 Å². The van der Waals surface area contributed by atoms with Crippen molar-refractivity contribution >= 4 is 11.9 Å². The zero-order valence-electron chi connectivity index (χ0n) is 13.6. The average molecular weight is 334 g/mol. The fourth-order valence-electron chi connectivity index (χ4n) is 3.81. The van der Waals surface area contributed by atoms with Crippen LogP contribution in [0.4, 0.5) is 0 Å². The quantitative estimate of drug-likeness (QED) is 0.487. The maximum absolute atomic E-state index is 12.7. The van der Waals surface area contributed by atoms with Crippen molar-refractivity contribution in [1.29, 1.82) is 0 Å². The summed E-state index contributed by atoms with van der Waals surface area (Å²) in [4.78, 5) is 25.4. The first-order valence-electron chi connectivity index (χ1n) is 8.44. The first-order valence-corrected chi connectivity index (χ1v) is 8.44. The molecular formula is C21H18O4. The number of para-hydroxylation sites is 2. The van der Waals surface area contributed by atoms with Crippen molar-refractivity contribution in [1.82, 2.24) is 0 Å². The molecule has 0 heterocycles. The van der Waals surface area contributed by atoms with Crippen molar-refractivity contribution < 1.29 is 19.1 Å². The maximum atomic E-state index is 12.7. The van der Waals surface area contributed by atoms with E-state index in [1.54, 1.807) is 24.3 Å². The molecule has 126 valence electrons. The van der Waals surface area contributed by atoms with E-state index in [1.807, 2.05) is 48.6 Å². The Kier molecular flexibility index (Phi) is 4.10. The summed E-state index contributed by atoms with van der Waals surface area (Å²) in [7, 11) is 0. The van der Waals surface area contributed by atoms with E-state index in [0.717, 1.165) is 6.42 Å². The van der Waals surface area contributed by atoms with Crippen molar-refractivity contribution in [3.05, 3.63) is 72.8 Å². The van der Waals surface area contributed by atoms with E-state index in [2.05, 4.69) is 0 Å². The van der Waals surface area contributed by atoms with Gasteiger partial charge in [0.2, 0.25) is 0 Å². The third-order valence-electron chi connectivity index (χ3n) is 4.93. The second kappa shape index (κ2) is 6.55. The van der Waals surface area contributed by atoms with Crippen molar-refractivity contribution in [2.45, 2.75) is 6.42 Å². The number of fused-ring (bicyclic) bond motifs is 2. The van der Waals surface area contributed by atoms with E-state index in [4.69, 9.17) is 9.47 Å². The van der Waals surface area contributed by atoms with Gasteiger partial charge in [-0.25, -0.2) is 0 Å². The maximum Gasteiger partial charge on any atom is 0.315 e. The molecule has 0 spiro atoms. The number of rotatable bonds is 4. The highest BCUT2D eigenvalue weighted by Crippen LogP contribution is 2.49. The van der Waals surface area contributed by atoms with Gasteiger partial charge in [0.05, 0.1) is 11.8 Å². The lowest BCUT2D eigenvalue weighted by Crippen LogP contribution is -2.37. The molecule has 0 aromatic heterocycles. The molecule has 4 heteroatoms. The Balaban J connectivity index is 1.52. The van der Waals surface area contributed by atoms with Crippen molar-refractivity contribution in [3.63, 3.8) is 0 Å². The van der Waals surface area contributed by atoms with Crippen LogP contribution in [0.5, 0.6) is 11.5 Å². The molecule has 1 fully saturated rings. The molecule has 25 heavy (non-hydrogen) atoms. The molecule has 0 radical (unpaired) electrons. The Bertz CT molecular complexity index is 730. The normalized spacial score (nSPS) is 26.4. The smallest absolute Gasteiger partial charge is 0.315 e. The summed E-state index contributed by atoms with van der Waals surface area (Å²) < 4.78 is 11.0. The molecule has 4 atom stereocenters. The fraction of sp³-hybridized carbons (Fsp3) is 0.238. The Hall–Kier alpha value is -2.88. The summed E-state index contributed by atoms with van der Waals surface area (Å²) >= 11 is 0. The van der Waals surface area contributed by atoms with Gasteiger partial charge in [0.25, 0.3) is 0 Å². The molecule has 0 aliphatic heterocycles. The van der Waals surface area contributed by atoms with Gasteiger partial charge in [-0.1, -0.05) is 48.6 Å². The average Bonchev–Trinajstić information content (AvgIpc) is 3.24. The number of hydrogen-bond acceptors (Lipinski definition) is 4. The summed E-state index contributed by atoms with van der Waals surface area (Å²) in [5.74, 6) is -0.651. The van der Waals surface area contributed by atoms with Gasteiger partial charge in [0.1, 0.15) is 11.5 Å². The Morgan fingerprint density at radius 1 is 0.680 bits per heavy atom. The van der Waals surface area contributed by atoms with Gasteiger partial charge in [-0.05, 0) is 42.5 Å². The minimum Gasteiger partial charge on any atom is -0.426 e. The summed E-state index contributed by atoms with van der Waals surface area (Å²) in [5.41, 5.74) is 0. The highest BCUT2D eigenvalue weighted by molar-refractivity contribution is 5.86. The summed E-state index contributed by atoms with van der Waals surface area (Å²) in [5, 5.41) is 0. The number of carbonyl (C=O) groups excluding carboxylic acids is 2. The van der Waals surface area contributed by atoms with Gasteiger partial charge in [-0.3, -0.25) is 9.59 Å². The molecule has 4 unspecified atom stereocenters. The van der Waals surface area contributed by atoms with Crippen LogP contribution in [0.2, 0.25) is 0 Å². The Labute approximate surface area is 146 Å². The van der Waals surface area contributed by atoms with E-state index in [9.17, 15) is 9.59 Å². The van der Waals surface area contributed by atoms with Gasteiger partial charge in [0.15, 0.2) is 0 Å². The van der Waals surface area contributed by atoms with Crippen LogP contribution < -0.4 is 9.47 Å². The van der Waals surface area contributed by atoms with E-state index in [-0.39, 0.29) is 23.8 Å². The number of benzene rings is 2. The van der Waals surface area contributed by atoms with E-state index in [1.165, 1.54) is 0 Å². The lowest BCUT2D eigenvalue weighted by molar-refractivity contribution is -0.151. The van der Waals surface area contributed by atoms with Gasteiger partial charge in [-0.2, -0.15) is 0 Å². The highest BCUT2D eigenvalue weighted by Gasteiger charge is 2.53. The van der Waals surface area contributed by atoms with Crippen LogP contribution >= 0.6 is 0 Å². The molecule has 2 aromatic carbocycles. The predicted molar refractivity (Wildman–Crippen MR) is 91.9 cm³/mol. The second-order valence-electron chi connectivity index (χ2n) is 6.47. The van der Waals surface area contributed by atoms with E-state index in [0.29, 0.717) is 11.5 Å². The largest absolute Gasteiger partial charge is 0.426 e. The molecule has 1 saturated carbocycles. The molecule has 2 bridgehead atoms. The van der Waals surface area contributed by atoms with Crippen LogP contribution in [-0.4, -0.2) is 11.9 Å². The van der Waals surface area contributed by atoms with Gasteiger partial charge in [-0.15, -0.1) is 0 Å². The first-order chi connectivity index (χ1) is 12.2. The van der Waals surface area contributed by atoms with E-state index < -0.39 is 11.8 Å². The minimum absolute atomic E-state index is 0.0366. The second-order valence-corrected chi connectivity index (χ2v) is 6.47. The Morgan fingerprint density at radius 2 is 1.08 bits per heavy atom. The molecule has 0 amide bonds. The zero-order chi connectivity index (χ0) is 17.2. The highest BCUT2D eigenvalue weighted by atomic mass is 16.5. The van der Waals surface area contributed by atoms with Crippen LogP contribution in [0.15, 0.2) is 72.8 Å². The molecule has 2 aliphatic carbocycles. The van der Waals surface area contributed by atoms with Crippen LogP contribution in [0, 0.1) is 23.7 Å². The number of allylic oxidation sites excluding steroid dienone is 2. The Morgan fingerprint density at radius 3 is 1.48 bits per heavy atom. The molecular weight excluding hydrogens is 316 g/mol. The molecule has 0 N–H and O–H groups in total. The molecule has 2 aliphatic rings.